The maximum Gasteiger partial charge on any atom is 0.305 e. The van der Waals surface area contributed by atoms with Crippen molar-refractivity contribution >= 4 is 23.2 Å². The number of rotatable bonds is 5. The molecule has 0 saturated heterocycles. The Morgan fingerprint density at radius 1 is 1.56 bits per heavy atom. The van der Waals surface area contributed by atoms with E-state index >= 15 is 0 Å². The van der Waals surface area contributed by atoms with Crippen molar-refractivity contribution in [2.45, 2.75) is 32.7 Å². The highest BCUT2D eigenvalue weighted by Crippen LogP contribution is 2.17. The highest BCUT2D eigenvalue weighted by atomic mass is 32.1. The molecule has 1 heterocycles. The van der Waals surface area contributed by atoms with Crippen LogP contribution in [0.2, 0.25) is 0 Å². The monoisotopic (exact) mass is 241 g/mol. The van der Waals surface area contributed by atoms with E-state index in [9.17, 15) is 9.59 Å². The number of carboxylic acid groups (broad SMARTS) is 1. The number of aryl methyl sites for hydroxylation is 1. The van der Waals surface area contributed by atoms with E-state index in [0.29, 0.717) is 4.88 Å². The van der Waals surface area contributed by atoms with E-state index in [2.05, 4.69) is 5.32 Å². The largest absolute Gasteiger partial charge is 0.481 e. The van der Waals surface area contributed by atoms with E-state index in [4.69, 9.17) is 5.11 Å². The van der Waals surface area contributed by atoms with Crippen molar-refractivity contribution in [3.63, 3.8) is 0 Å². The summed E-state index contributed by atoms with van der Waals surface area (Å²) in [4.78, 5) is 22.9. The molecule has 0 radical (unpaired) electrons. The maximum atomic E-state index is 11.8. The average molecular weight is 241 g/mol. The molecule has 2 N–H and O–H groups in total. The van der Waals surface area contributed by atoms with Crippen LogP contribution in [0.25, 0.3) is 0 Å². The summed E-state index contributed by atoms with van der Waals surface area (Å²) in [5.41, 5.74) is 1.00. The highest BCUT2D eigenvalue weighted by Gasteiger charge is 2.15. The lowest BCUT2D eigenvalue weighted by molar-refractivity contribution is -0.137. The van der Waals surface area contributed by atoms with Gasteiger partial charge in [0.25, 0.3) is 5.91 Å². The minimum atomic E-state index is -0.908. The van der Waals surface area contributed by atoms with Gasteiger partial charge in [-0.25, -0.2) is 0 Å². The standard InChI is InChI=1S/C11H15NO3S/c1-3-8-4-5-16-10(8)11(15)12-7(2)6-9(13)14/h4-5,7H,3,6H2,1-2H3,(H,12,15)(H,13,14)/t7-/m1/s1. The topological polar surface area (TPSA) is 66.4 Å². The molecule has 0 fully saturated rings. The number of thiophene rings is 1. The summed E-state index contributed by atoms with van der Waals surface area (Å²) in [5, 5.41) is 13.1. The van der Waals surface area contributed by atoms with Crippen molar-refractivity contribution in [2.24, 2.45) is 0 Å². The molecular weight excluding hydrogens is 226 g/mol. The summed E-state index contributed by atoms with van der Waals surface area (Å²) in [6.45, 7) is 3.67. The Balaban J connectivity index is 2.62. The van der Waals surface area contributed by atoms with Crippen molar-refractivity contribution in [2.75, 3.05) is 0 Å². The van der Waals surface area contributed by atoms with Crippen molar-refractivity contribution in [3.8, 4) is 0 Å². The normalized spacial score (nSPS) is 12.1. The smallest absolute Gasteiger partial charge is 0.305 e. The first-order valence-electron chi connectivity index (χ1n) is 5.13. The molecule has 16 heavy (non-hydrogen) atoms. The lowest BCUT2D eigenvalue weighted by atomic mass is 10.2. The first kappa shape index (κ1) is 12.7. The van der Waals surface area contributed by atoms with Gasteiger partial charge in [0.1, 0.15) is 0 Å². The van der Waals surface area contributed by atoms with Gasteiger partial charge in [0.2, 0.25) is 0 Å². The molecule has 88 valence electrons. The second-order valence-corrected chi connectivity index (χ2v) is 4.52. The van der Waals surface area contributed by atoms with Crippen LogP contribution in [0.15, 0.2) is 11.4 Å². The van der Waals surface area contributed by atoms with Gasteiger partial charge < -0.3 is 10.4 Å². The van der Waals surface area contributed by atoms with Crippen LogP contribution in [0, 0.1) is 0 Å². The summed E-state index contributed by atoms with van der Waals surface area (Å²) in [6.07, 6.45) is 0.748. The maximum absolute atomic E-state index is 11.8. The Morgan fingerprint density at radius 3 is 2.81 bits per heavy atom. The molecule has 1 rings (SSSR count). The molecule has 0 aromatic carbocycles. The number of hydrogen-bond acceptors (Lipinski definition) is 3. The number of carbonyl (C=O) groups excluding carboxylic acids is 1. The molecule has 0 aliphatic heterocycles. The lowest BCUT2D eigenvalue weighted by Gasteiger charge is -2.11. The number of nitrogens with one attached hydrogen (secondary N) is 1. The van der Waals surface area contributed by atoms with E-state index in [1.807, 2.05) is 18.4 Å². The third-order valence-electron chi connectivity index (χ3n) is 2.19. The zero-order valence-electron chi connectivity index (χ0n) is 9.32. The molecule has 4 nitrogen and oxygen atoms in total. The van der Waals surface area contributed by atoms with Crippen LogP contribution < -0.4 is 5.32 Å². The molecule has 1 aromatic heterocycles. The Kier molecular flexibility index (Phi) is 4.49. The quantitative estimate of drug-likeness (QED) is 0.827. The Labute approximate surface area is 98.3 Å². The van der Waals surface area contributed by atoms with Gasteiger partial charge in [0.05, 0.1) is 11.3 Å². The molecule has 0 aliphatic carbocycles. The van der Waals surface area contributed by atoms with Crippen LogP contribution in [0.4, 0.5) is 0 Å². The Hall–Kier alpha value is -1.36. The molecule has 0 spiro atoms. The van der Waals surface area contributed by atoms with E-state index < -0.39 is 5.97 Å². The van der Waals surface area contributed by atoms with Crippen molar-refractivity contribution < 1.29 is 14.7 Å². The second kappa shape index (κ2) is 5.65. The van der Waals surface area contributed by atoms with Crippen molar-refractivity contribution in [3.05, 3.63) is 21.9 Å². The number of aliphatic carboxylic acids is 1. The molecule has 1 amide bonds. The van der Waals surface area contributed by atoms with Gasteiger partial charge >= 0.3 is 5.97 Å². The van der Waals surface area contributed by atoms with Crippen LogP contribution in [0.5, 0.6) is 0 Å². The fraction of sp³-hybridized carbons (Fsp3) is 0.455. The van der Waals surface area contributed by atoms with Gasteiger partial charge in [0.15, 0.2) is 0 Å². The average Bonchev–Trinajstić information content (AvgIpc) is 2.63. The SMILES string of the molecule is CCc1ccsc1C(=O)N[C@H](C)CC(=O)O. The molecule has 1 aromatic rings. The van der Waals surface area contributed by atoms with Gasteiger partial charge in [-0.15, -0.1) is 11.3 Å². The summed E-state index contributed by atoms with van der Waals surface area (Å²) in [7, 11) is 0. The van der Waals surface area contributed by atoms with E-state index in [0.717, 1.165) is 12.0 Å². The highest BCUT2D eigenvalue weighted by molar-refractivity contribution is 7.12. The molecular formula is C11H15NO3S. The summed E-state index contributed by atoms with van der Waals surface area (Å²) in [5.74, 6) is -1.09. The predicted octanol–water partition coefficient (Wildman–Crippen LogP) is 1.90. The van der Waals surface area contributed by atoms with Gasteiger partial charge in [-0.2, -0.15) is 0 Å². The van der Waals surface area contributed by atoms with E-state index in [1.165, 1.54) is 11.3 Å². The first-order valence-corrected chi connectivity index (χ1v) is 6.01. The van der Waals surface area contributed by atoms with Gasteiger partial charge in [-0.3, -0.25) is 9.59 Å². The molecule has 1 atom stereocenters. The molecule has 0 aliphatic rings. The minimum Gasteiger partial charge on any atom is -0.481 e. The minimum absolute atomic E-state index is 0.0570. The van der Waals surface area contributed by atoms with E-state index in [-0.39, 0.29) is 18.4 Å². The summed E-state index contributed by atoms with van der Waals surface area (Å²) in [6, 6.07) is 1.57. The third-order valence-corrected chi connectivity index (χ3v) is 3.15. The zero-order chi connectivity index (χ0) is 12.1. The summed E-state index contributed by atoms with van der Waals surface area (Å²) < 4.78 is 0. The predicted molar refractivity (Wildman–Crippen MR) is 62.9 cm³/mol. The summed E-state index contributed by atoms with van der Waals surface area (Å²) >= 11 is 1.38. The Morgan fingerprint density at radius 2 is 2.25 bits per heavy atom. The van der Waals surface area contributed by atoms with Crippen LogP contribution >= 0.6 is 11.3 Å². The Bertz CT molecular complexity index is 386. The first-order chi connectivity index (χ1) is 7.54. The number of hydrogen-bond donors (Lipinski definition) is 2. The van der Waals surface area contributed by atoms with Crippen molar-refractivity contribution in [1.29, 1.82) is 0 Å². The molecule has 0 bridgehead atoms. The fourth-order valence-corrected chi connectivity index (χ4v) is 2.31. The molecule has 0 unspecified atom stereocenters. The van der Waals surface area contributed by atoms with Crippen LogP contribution in [0.1, 0.15) is 35.5 Å². The molecule has 0 saturated carbocycles. The third kappa shape index (κ3) is 3.34. The van der Waals surface area contributed by atoms with E-state index in [1.54, 1.807) is 6.92 Å². The molecule has 5 heteroatoms. The fourth-order valence-electron chi connectivity index (χ4n) is 1.42. The van der Waals surface area contributed by atoms with Crippen LogP contribution in [-0.2, 0) is 11.2 Å². The second-order valence-electron chi connectivity index (χ2n) is 3.60. The number of carboxylic acids is 1. The zero-order valence-corrected chi connectivity index (χ0v) is 10.1. The van der Waals surface area contributed by atoms with Gasteiger partial charge in [-0.05, 0) is 30.4 Å². The number of amides is 1. The van der Waals surface area contributed by atoms with Crippen LogP contribution in [0.3, 0.4) is 0 Å². The van der Waals surface area contributed by atoms with Crippen molar-refractivity contribution in [1.82, 2.24) is 5.32 Å². The van der Waals surface area contributed by atoms with Crippen LogP contribution in [-0.4, -0.2) is 23.0 Å². The number of carbonyl (C=O) groups is 2. The lowest BCUT2D eigenvalue weighted by Crippen LogP contribution is -2.34. The van der Waals surface area contributed by atoms with Gasteiger partial charge in [-0.1, -0.05) is 6.92 Å². The van der Waals surface area contributed by atoms with Gasteiger partial charge in [0, 0.05) is 6.04 Å².